The minimum Gasteiger partial charge on any atom is -0.453 e. The number of hydrogen-bond donors (Lipinski definition) is 1. The Kier molecular flexibility index (Phi) is 4.55. The van der Waals surface area contributed by atoms with E-state index in [1.165, 1.54) is 0 Å². The zero-order valence-electron chi connectivity index (χ0n) is 11.2. The van der Waals surface area contributed by atoms with Gasteiger partial charge in [-0.15, -0.1) is 0 Å². The highest BCUT2D eigenvalue weighted by Crippen LogP contribution is 2.29. The quantitative estimate of drug-likeness (QED) is 0.919. The van der Waals surface area contributed by atoms with Crippen molar-refractivity contribution in [3.63, 3.8) is 0 Å². The van der Waals surface area contributed by atoms with Crippen LogP contribution in [0, 0.1) is 6.92 Å². The molecule has 0 fully saturated rings. The predicted molar refractivity (Wildman–Crippen MR) is 76.8 cm³/mol. The Bertz CT molecular complexity index is 562. The molecule has 2 heterocycles. The van der Waals surface area contributed by atoms with Crippen molar-refractivity contribution in [2.45, 2.75) is 26.3 Å². The lowest BCUT2D eigenvalue weighted by Crippen LogP contribution is -2.23. The summed E-state index contributed by atoms with van der Waals surface area (Å²) in [6.45, 7) is 4.79. The van der Waals surface area contributed by atoms with Crippen molar-refractivity contribution < 1.29 is 4.42 Å². The SMILES string of the molecule is CCNC(Cc1c(Cl)c(C)nn1C)c1ccoc1Cl. The van der Waals surface area contributed by atoms with Gasteiger partial charge in [-0.05, 0) is 31.1 Å². The van der Waals surface area contributed by atoms with Crippen LogP contribution in [0.4, 0.5) is 0 Å². The number of rotatable bonds is 5. The smallest absolute Gasteiger partial charge is 0.197 e. The van der Waals surface area contributed by atoms with Crippen LogP contribution in [-0.2, 0) is 13.5 Å². The van der Waals surface area contributed by atoms with Gasteiger partial charge in [-0.3, -0.25) is 4.68 Å². The average molecular weight is 302 g/mol. The molecule has 19 heavy (non-hydrogen) atoms. The van der Waals surface area contributed by atoms with Gasteiger partial charge < -0.3 is 9.73 Å². The fourth-order valence-electron chi connectivity index (χ4n) is 2.19. The van der Waals surface area contributed by atoms with Gasteiger partial charge in [-0.25, -0.2) is 0 Å². The van der Waals surface area contributed by atoms with E-state index in [2.05, 4.69) is 17.3 Å². The van der Waals surface area contributed by atoms with E-state index < -0.39 is 0 Å². The molecule has 0 saturated heterocycles. The Balaban J connectivity index is 2.29. The Labute approximate surface area is 122 Å². The summed E-state index contributed by atoms with van der Waals surface area (Å²) in [6.07, 6.45) is 2.31. The van der Waals surface area contributed by atoms with Crippen molar-refractivity contribution in [3.05, 3.63) is 39.5 Å². The molecule has 0 amide bonds. The van der Waals surface area contributed by atoms with Gasteiger partial charge in [0.2, 0.25) is 0 Å². The lowest BCUT2D eigenvalue weighted by molar-refractivity contribution is 0.513. The molecule has 0 saturated carbocycles. The van der Waals surface area contributed by atoms with Gasteiger partial charge in [0.25, 0.3) is 0 Å². The minimum absolute atomic E-state index is 0.0588. The van der Waals surface area contributed by atoms with Crippen molar-refractivity contribution in [1.29, 1.82) is 0 Å². The lowest BCUT2D eigenvalue weighted by atomic mass is 10.0. The number of halogens is 2. The standard InChI is InChI=1S/C13H17Cl2N3O/c1-4-16-10(9-5-6-19-13(9)15)7-11-12(14)8(2)17-18(11)3/h5-6,10,16H,4,7H2,1-3H3. The maximum absolute atomic E-state index is 6.29. The Morgan fingerprint density at radius 2 is 2.21 bits per heavy atom. The largest absolute Gasteiger partial charge is 0.453 e. The number of aryl methyl sites for hydroxylation is 2. The maximum atomic E-state index is 6.29. The van der Waals surface area contributed by atoms with Gasteiger partial charge >= 0.3 is 0 Å². The first kappa shape index (κ1) is 14.4. The van der Waals surface area contributed by atoms with Crippen molar-refractivity contribution in [1.82, 2.24) is 15.1 Å². The minimum atomic E-state index is 0.0588. The van der Waals surface area contributed by atoms with Crippen LogP contribution in [0.3, 0.4) is 0 Å². The molecule has 0 aliphatic heterocycles. The Morgan fingerprint density at radius 3 is 2.68 bits per heavy atom. The molecule has 0 aliphatic carbocycles. The normalized spacial score (nSPS) is 12.9. The molecular weight excluding hydrogens is 285 g/mol. The van der Waals surface area contributed by atoms with Crippen molar-refractivity contribution in [2.75, 3.05) is 6.54 Å². The van der Waals surface area contributed by atoms with E-state index in [0.717, 1.165) is 23.5 Å². The zero-order chi connectivity index (χ0) is 14.0. The van der Waals surface area contributed by atoms with E-state index in [4.69, 9.17) is 27.6 Å². The van der Waals surface area contributed by atoms with Gasteiger partial charge in [0.15, 0.2) is 5.22 Å². The molecule has 104 valence electrons. The van der Waals surface area contributed by atoms with Crippen LogP contribution in [0.15, 0.2) is 16.7 Å². The van der Waals surface area contributed by atoms with Crippen LogP contribution in [0.25, 0.3) is 0 Å². The molecular formula is C13H17Cl2N3O. The Hall–Kier alpha value is -0.970. The molecule has 4 nitrogen and oxygen atoms in total. The van der Waals surface area contributed by atoms with Gasteiger partial charge in [-0.2, -0.15) is 5.10 Å². The molecule has 1 N–H and O–H groups in total. The van der Waals surface area contributed by atoms with Gasteiger partial charge in [0, 0.05) is 25.1 Å². The summed E-state index contributed by atoms with van der Waals surface area (Å²) >= 11 is 12.4. The molecule has 0 aliphatic rings. The molecule has 1 unspecified atom stereocenters. The van der Waals surface area contributed by atoms with Crippen molar-refractivity contribution in [3.8, 4) is 0 Å². The fraction of sp³-hybridized carbons (Fsp3) is 0.462. The zero-order valence-corrected chi connectivity index (χ0v) is 12.7. The highest BCUT2D eigenvalue weighted by Gasteiger charge is 2.21. The van der Waals surface area contributed by atoms with E-state index >= 15 is 0 Å². The summed E-state index contributed by atoms with van der Waals surface area (Å²) in [6, 6.07) is 1.94. The average Bonchev–Trinajstić information content (AvgIpc) is 2.88. The molecule has 2 aromatic rings. The third-order valence-corrected chi connectivity index (χ3v) is 3.93. The molecule has 2 rings (SSSR count). The van der Waals surface area contributed by atoms with E-state index in [-0.39, 0.29) is 6.04 Å². The number of nitrogens with one attached hydrogen (secondary N) is 1. The van der Waals surface area contributed by atoms with Crippen LogP contribution in [-0.4, -0.2) is 16.3 Å². The summed E-state index contributed by atoms with van der Waals surface area (Å²) in [5, 5.41) is 8.85. The predicted octanol–water partition coefficient (Wildman–Crippen LogP) is 3.52. The number of nitrogens with zero attached hydrogens (tertiary/aromatic N) is 2. The van der Waals surface area contributed by atoms with E-state index in [9.17, 15) is 0 Å². The second-order valence-electron chi connectivity index (χ2n) is 4.43. The lowest BCUT2D eigenvalue weighted by Gasteiger charge is -2.17. The summed E-state index contributed by atoms with van der Waals surface area (Å²) in [7, 11) is 1.90. The monoisotopic (exact) mass is 301 g/mol. The number of hydrogen-bond acceptors (Lipinski definition) is 3. The van der Waals surface area contributed by atoms with E-state index in [1.54, 1.807) is 6.26 Å². The van der Waals surface area contributed by atoms with Crippen LogP contribution in [0.1, 0.15) is 29.9 Å². The van der Waals surface area contributed by atoms with Crippen LogP contribution < -0.4 is 5.32 Å². The summed E-state index contributed by atoms with van der Waals surface area (Å²) in [5.41, 5.74) is 2.77. The third kappa shape index (κ3) is 2.96. The second-order valence-corrected chi connectivity index (χ2v) is 5.15. The summed E-state index contributed by atoms with van der Waals surface area (Å²) < 4.78 is 6.98. The molecule has 0 aromatic carbocycles. The molecule has 2 aromatic heterocycles. The Morgan fingerprint density at radius 1 is 1.47 bits per heavy atom. The first-order valence-electron chi connectivity index (χ1n) is 6.18. The van der Waals surface area contributed by atoms with Gasteiger partial charge in [-0.1, -0.05) is 18.5 Å². The van der Waals surface area contributed by atoms with Gasteiger partial charge in [0.05, 0.1) is 22.7 Å². The number of likely N-dealkylation sites (N-methyl/N-ethyl adjacent to an activating group) is 1. The first-order valence-corrected chi connectivity index (χ1v) is 6.94. The maximum Gasteiger partial charge on any atom is 0.197 e. The van der Waals surface area contributed by atoms with Crippen LogP contribution in [0.5, 0.6) is 0 Å². The highest BCUT2D eigenvalue weighted by atomic mass is 35.5. The number of aromatic nitrogens is 2. The van der Waals surface area contributed by atoms with Crippen LogP contribution >= 0.6 is 23.2 Å². The topological polar surface area (TPSA) is 43.0 Å². The highest BCUT2D eigenvalue weighted by molar-refractivity contribution is 6.32. The van der Waals surface area contributed by atoms with Gasteiger partial charge in [0.1, 0.15) is 0 Å². The molecule has 6 heteroatoms. The number of furan rings is 1. The molecule has 0 radical (unpaired) electrons. The fourth-order valence-corrected chi connectivity index (χ4v) is 2.67. The van der Waals surface area contributed by atoms with Crippen LogP contribution in [0.2, 0.25) is 10.2 Å². The second kappa shape index (κ2) is 5.99. The molecule has 0 bridgehead atoms. The van der Waals surface area contributed by atoms with Crippen molar-refractivity contribution >= 4 is 23.2 Å². The summed E-state index contributed by atoms with van der Waals surface area (Å²) in [4.78, 5) is 0. The molecule has 0 spiro atoms. The third-order valence-electron chi connectivity index (χ3n) is 3.13. The molecule has 1 atom stereocenters. The van der Waals surface area contributed by atoms with E-state index in [0.29, 0.717) is 16.7 Å². The van der Waals surface area contributed by atoms with E-state index in [1.807, 2.05) is 24.7 Å². The summed E-state index contributed by atoms with van der Waals surface area (Å²) in [5.74, 6) is 0. The van der Waals surface area contributed by atoms with Crippen molar-refractivity contribution in [2.24, 2.45) is 7.05 Å². The first-order chi connectivity index (χ1) is 9.04.